The van der Waals surface area contributed by atoms with E-state index < -0.39 is 10.0 Å². The van der Waals surface area contributed by atoms with E-state index in [0.717, 1.165) is 39.6 Å². The van der Waals surface area contributed by atoms with E-state index in [2.05, 4.69) is 29.8 Å². The second kappa shape index (κ2) is 8.03. The van der Waals surface area contributed by atoms with E-state index in [1.165, 1.54) is 0 Å². The standard InChI is InChI=1S/C22H32N4O2S/c1-14(2)22-23-17(5)13-20(24-22)25-8-10-26(11-9-25)29(27,28)21-18(6)15(3)12-16(4)19(21)7/h12-14H,8-11H2,1-7H3. The Morgan fingerprint density at radius 3 is 1.93 bits per heavy atom. The minimum Gasteiger partial charge on any atom is -0.354 e. The molecule has 0 N–H and O–H groups in total. The van der Waals surface area contributed by atoms with Gasteiger partial charge in [-0.2, -0.15) is 4.31 Å². The van der Waals surface area contributed by atoms with Crippen molar-refractivity contribution in [1.29, 1.82) is 0 Å². The number of piperazine rings is 1. The number of aromatic nitrogens is 2. The van der Waals surface area contributed by atoms with Crippen LogP contribution in [0.2, 0.25) is 0 Å². The van der Waals surface area contributed by atoms with Gasteiger partial charge >= 0.3 is 0 Å². The van der Waals surface area contributed by atoms with Crippen LogP contribution >= 0.6 is 0 Å². The molecule has 0 atom stereocenters. The molecule has 0 radical (unpaired) electrons. The fourth-order valence-electron chi connectivity index (χ4n) is 3.85. The largest absolute Gasteiger partial charge is 0.354 e. The Bertz CT molecular complexity index is 997. The summed E-state index contributed by atoms with van der Waals surface area (Å²) >= 11 is 0. The number of hydrogen-bond acceptors (Lipinski definition) is 5. The van der Waals surface area contributed by atoms with Gasteiger partial charge in [0.2, 0.25) is 10.0 Å². The van der Waals surface area contributed by atoms with Crippen molar-refractivity contribution in [2.75, 3.05) is 31.1 Å². The first-order chi connectivity index (χ1) is 13.5. The third kappa shape index (κ3) is 4.16. The van der Waals surface area contributed by atoms with Gasteiger partial charge in [0.25, 0.3) is 0 Å². The fraction of sp³-hybridized carbons (Fsp3) is 0.545. The molecule has 0 amide bonds. The Morgan fingerprint density at radius 1 is 0.862 bits per heavy atom. The molecule has 0 saturated carbocycles. The van der Waals surface area contributed by atoms with Gasteiger partial charge in [0.1, 0.15) is 11.6 Å². The molecule has 1 aliphatic rings. The SMILES string of the molecule is Cc1cc(N2CCN(S(=O)(=O)c3c(C)c(C)cc(C)c3C)CC2)nc(C(C)C)n1. The molecule has 158 valence electrons. The van der Waals surface area contributed by atoms with E-state index in [0.29, 0.717) is 31.1 Å². The topological polar surface area (TPSA) is 66.4 Å². The monoisotopic (exact) mass is 416 g/mol. The molecule has 0 aliphatic carbocycles. The summed E-state index contributed by atoms with van der Waals surface area (Å²) in [5.41, 5.74) is 4.67. The van der Waals surface area contributed by atoms with Crippen LogP contribution in [0.25, 0.3) is 0 Å². The zero-order valence-electron chi connectivity index (χ0n) is 18.6. The number of rotatable bonds is 4. The summed E-state index contributed by atoms with van der Waals surface area (Å²) in [5, 5.41) is 0. The minimum atomic E-state index is -3.53. The molecular weight excluding hydrogens is 384 g/mol. The minimum absolute atomic E-state index is 0.255. The lowest BCUT2D eigenvalue weighted by atomic mass is 10.0. The second-order valence-electron chi connectivity index (χ2n) is 8.36. The molecule has 1 fully saturated rings. The Balaban J connectivity index is 1.85. The quantitative estimate of drug-likeness (QED) is 0.761. The van der Waals surface area contributed by atoms with Crippen molar-refractivity contribution >= 4 is 15.8 Å². The molecule has 7 heteroatoms. The highest BCUT2D eigenvalue weighted by molar-refractivity contribution is 7.89. The van der Waals surface area contributed by atoms with Gasteiger partial charge in [-0.3, -0.25) is 0 Å². The second-order valence-corrected chi connectivity index (χ2v) is 10.2. The van der Waals surface area contributed by atoms with Crippen molar-refractivity contribution < 1.29 is 8.42 Å². The summed E-state index contributed by atoms with van der Waals surface area (Å²) in [6, 6.07) is 4.04. The molecule has 2 heterocycles. The first-order valence-corrected chi connectivity index (χ1v) is 11.6. The summed E-state index contributed by atoms with van der Waals surface area (Å²) in [6.45, 7) is 16.0. The van der Waals surface area contributed by atoms with Gasteiger partial charge in [0.05, 0.1) is 4.90 Å². The molecule has 0 unspecified atom stereocenters. The van der Waals surface area contributed by atoms with Gasteiger partial charge in [0, 0.05) is 43.9 Å². The molecule has 3 rings (SSSR count). The van der Waals surface area contributed by atoms with E-state index in [9.17, 15) is 8.42 Å². The van der Waals surface area contributed by atoms with Crippen LogP contribution in [0.15, 0.2) is 17.0 Å². The van der Waals surface area contributed by atoms with Gasteiger partial charge in [-0.15, -0.1) is 0 Å². The van der Waals surface area contributed by atoms with Crippen molar-refractivity contribution in [1.82, 2.24) is 14.3 Å². The first kappa shape index (κ1) is 21.7. The van der Waals surface area contributed by atoms with Crippen molar-refractivity contribution in [3.8, 4) is 0 Å². The maximum Gasteiger partial charge on any atom is 0.243 e. The zero-order chi connectivity index (χ0) is 21.5. The Morgan fingerprint density at radius 2 is 1.41 bits per heavy atom. The van der Waals surface area contributed by atoms with E-state index in [1.54, 1.807) is 4.31 Å². The lowest BCUT2D eigenvalue weighted by Gasteiger charge is -2.35. The zero-order valence-corrected chi connectivity index (χ0v) is 19.4. The highest BCUT2D eigenvalue weighted by atomic mass is 32.2. The molecular formula is C22H32N4O2S. The summed E-state index contributed by atoms with van der Waals surface area (Å²) in [7, 11) is -3.53. The number of benzene rings is 1. The van der Waals surface area contributed by atoms with Crippen molar-refractivity contribution in [3.05, 3.63) is 45.9 Å². The molecule has 0 bridgehead atoms. The average molecular weight is 417 g/mol. The summed E-state index contributed by atoms with van der Waals surface area (Å²) in [6.07, 6.45) is 0. The molecule has 0 spiro atoms. The number of anilines is 1. The maximum absolute atomic E-state index is 13.5. The number of aryl methyl sites for hydroxylation is 3. The van der Waals surface area contributed by atoms with Crippen LogP contribution in [0, 0.1) is 34.6 Å². The van der Waals surface area contributed by atoms with Crippen molar-refractivity contribution in [2.24, 2.45) is 0 Å². The molecule has 29 heavy (non-hydrogen) atoms. The number of hydrogen-bond donors (Lipinski definition) is 0. The van der Waals surface area contributed by atoms with Crippen LogP contribution in [0.1, 0.15) is 53.5 Å². The van der Waals surface area contributed by atoms with E-state index in [-0.39, 0.29) is 5.92 Å². The van der Waals surface area contributed by atoms with Crippen LogP contribution in [0.5, 0.6) is 0 Å². The predicted octanol–water partition coefficient (Wildman–Crippen LogP) is 3.65. The van der Waals surface area contributed by atoms with E-state index in [1.807, 2.05) is 40.7 Å². The van der Waals surface area contributed by atoms with E-state index >= 15 is 0 Å². The summed E-state index contributed by atoms with van der Waals surface area (Å²) < 4.78 is 28.5. The summed E-state index contributed by atoms with van der Waals surface area (Å²) in [4.78, 5) is 11.9. The Hall–Kier alpha value is -1.99. The third-order valence-electron chi connectivity index (χ3n) is 5.83. The van der Waals surface area contributed by atoms with Gasteiger partial charge in [-0.05, 0) is 56.9 Å². The number of nitrogens with zero attached hydrogens (tertiary/aromatic N) is 4. The molecule has 1 saturated heterocycles. The fourth-order valence-corrected chi connectivity index (χ4v) is 5.85. The van der Waals surface area contributed by atoms with Crippen molar-refractivity contribution in [3.63, 3.8) is 0 Å². The highest BCUT2D eigenvalue weighted by Gasteiger charge is 2.32. The molecule has 1 aromatic carbocycles. The lowest BCUT2D eigenvalue weighted by Crippen LogP contribution is -2.49. The van der Waals surface area contributed by atoms with Gasteiger partial charge in [0.15, 0.2) is 0 Å². The Labute approximate surface area is 175 Å². The van der Waals surface area contributed by atoms with Crippen LogP contribution < -0.4 is 4.90 Å². The molecule has 1 aliphatic heterocycles. The number of sulfonamides is 1. The predicted molar refractivity (Wildman–Crippen MR) is 117 cm³/mol. The normalized spacial score (nSPS) is 15.9. The van der Waals surface area contributed by atoms with Crippen LogP contribution in [-0.4, -0.2) is 48.9 Å². The Kier molecular flexibility index (Phi) is 6.01. The van der Waals surface area contributed by atoms with Crippen LogP contribution in [0.3, 0.4) is 0 Å². The van der Waals surface area contributed by atoms with Gasteiger partial charge in [-0.1, -0.05) is 19.9 Å². The van der Waals surface area contributed by atoms with Gasteiger partial charge in [-0.25, -0.2) is 18.4 Å². The highest BCUT2D eigenvalue weighted by Crippen LogP contribution is 2.30. The average Bonchev–Trinajstić information content (AvgIpc) is 2.66. The van der Waals surface area contributed by atoms with Crippen LogP contribution in [-0.2, 0) is 10.0 Å². The van der Waals surface area contributed by atoms with E-state index in [4.69, 9.17) is 4.98 Å². The van der Waals surface area contributed by atoms with Crippen molar-refractivity contribution in [2.45, 2.75) is 59.3 Å². The third-order valence-corrected chi connectivity index (χ3v) is 8.01. The molecule has 2 aromatic rings. The summed E-state index contributed by atoms with van der Waals surface area (Å²) in [5.74, 6) is 1.97. The first-order valence-electron chi connectivity index (χ1n) is 10.2. The molecule has 6 nitrogen and oxygen atoms in total. The lowest BCUT2D eigenvalue weighted by molar-refractivity contribution is 0.383. The van der Waals surface area contributed by atoms with Crippen LogP contribution in [0.4, 0.5) is 5.82 Å². The van der Waals surface area contributed by atoms with Gasteiger partial charge < -0.3 is 4.90 Å². The smallest absolute Gasteiger partial charge is 0.243 e. The maximum atomic E-state index is 13.5. The molecule has 1 aromatic heterocycles.